The van der Waals surface area contributed by atoms with Crippen LogP contribution in [0.4, 0.5) is 0 Å². The SMILES string of the molecule is COc1ccc(S(=O)(=O)N2CCC(C)CC2)cc1C(=O)NCCOc1ccc(C(C)(C)C)cc1. The fraction of sp³-hybridized carbons (Fsp3) is 0.500. The maximum atomic E-state index is 13.1. The second-order valence-corrected chi connectivity index (χ2v) is 11.8. The van der Waals surface area contributed by atoms with Crippen molar-refractivity contribution in [2.45, 2.75) is 50.8 Å². The fourth-order valence-electron chi connectivity index (χ4n) is 3.88. The number of carbonyl (C=O) groups excluding carboxylic acids is 1. The van der Waals surface area contributed by atoms with Crippen LogP contribution in [-0.2, 0) is 15.4 Å². The minimum absolute atomic E-state index is 0.0694. The van der Waals surface area contributed by atoms with Gasteiger partial charge in [-0.05, 0) is 60.1 Å². The van der Waals surface area contributed by atoms with E-state index in [0.717, 1.165) is 18.6 Å². The first-order chi connectivity index (χ1) is 16.0. The molecule has 1 fully saturated rings. The highest BCUT2D eigenvalue weighted by molar-refractivity contribution is 7.89. The average Bonchev–Trinajstić information content (AvgIpc) is 2.81. The normalized spacial score (nSPS) is 15.7. The van der Waals surface area contributed by atoms with Gasteiger partial charge >= 0.3 is 0 Å². The molecule has 1 heterocycles. The molecule has 1 N–H and O–H groups in total. The van der Waals surface area contributed by atoms with Crippen LogP contribution in [0.1, 0.15) is 56.5 Å². The molecule has 1 amide bonds. The number of hydrogen-bond acceptors (Lipinski definition) is 5. The van der Waals surface area contributed by atoms with Crippen LogP contribution in [0.25, 0.3) is 0 Å². The number of sulfonamides is 1. The first-order valence-corrected chi connectivity index (χ1v) is 13.2. The number of amides is 1. The van der Waals surface area contributed by atoms with Crippen LogP contribution in [0.3, 0.4) is 0 Å². The van der Waals surface area contributed by atoms with Crippen molar-refractivity contribution in [2.24, 2.45) is 5.92 Å². The molecule has 0 aromatic heterocycles. The van der Waals surface area contributed by atoms with E-state index in [1.54, 1.807) is 0 Å². The van der Waals surface area contributed by atoms with Crippen LogP contribution < -0.4 is 14.8 Å². The predicted molar refractivity (Wildman–Crippen MR) is 133 cm³/mol. The van der Waals surface area contributed by atoms with Crippen LogP contribution in [0.2, 0.25) is 0 Å². The third-order valence-electron chi connectivity index (χ3n) is 6.17. The molecule has 0 unspecified atom stereocenters. The molecule has 8 heteroatoms. The number of nitrogens with one attached hydrogen (secondary N) is 1. The van der Waals surface area contributed by atoms with Crippen molar-refractivity contribution >= 4 is 15.9 Å². The molecule has 1 aliphatic rings. The van der Waals surface area contributed by atoms with Gasteiger partial charge in [0.1, 0.15) is 18.1 Å². The van der Waals surface area contributed by atoms with Crippen molar-refractivity contribution in [1.29, 1.82) is 0 Å². The van der Waals surface area contributed by atoms with E-state index in [-0.39, 0.29) is 29.0 Å². The van der Waals surface area contributed by atoms with Gasteiger partial charge in [0.15, 0.2) is 0 Å². The standard InChI is InChI=1S/C26H36N2O5S/c1-19-12-15-28(16-13-19)34(30,31)22-10-11-24(32-5)23(18-22)25(29)27-14-17-33-21-8-6-20(7-9-21)26(2,3)4/h6-11,18-19H,12-17H2,1-5H3,(H,27,29). The number of piperidine rings is 1. The monoisotopic (exact) mass is 488 g/mol. The first-order valence-electron chi connectivity index (χ1n) is 11.7. The summed E-state index contributed by atoms with van der Waals surface area (Å²) in [6, 6.07) is 12.3. The van der Waals surface area contributed by atoms with Crippen molar-refractivity contribution < 1.29 is 22.7 Å². The quantitative estimate of drug-likeness (QED) is 0.563. The Hall–Kier alpha value is -2.58. The number of nitrogens with zero attached hydrogens (tertiary/aromatic N) is 1. The minimum Gasteiger partial charge on any atom is -0.496 e. The summed E-state index contributed by atoms with van der Waals surface area (Å²) in [6.07, 6.45) is 1.67. The highest BCUT2D eigenvalue weighted by atomic mass is 32.2. The second-order valence-electron chi connectivity index (χ2n) is 9.83. The number of carbonyl (C=O) groups is 1. The van der Waals surface area contributed by atoms with Gasteiger partial charge in [-0.15, -0.1) is 0 Å². The fourth-order valence-corrected chi connectivity index (χ4v) is 5.38. The van der Waals surface area contributed by atoms with E-state index in [1.807, 2.05) is 24.3 Å². The highest BCUT2D eigenvalue weighted by Crippen LogP contribution is 2.28. The third kappa shape index (κ3) is 6.30. The summed E-state index contributed by atoms with van der Waals surface area (Å²) in [4.78, 5) is 12.9. The molecule has 2 aromatic carbocycles. The van der Waals surface area contributed by atoms with E-state index in [9.17, 15) is 13.2 Å². The van der Waals surface area contributed by atoms with Crippen molar-refractivity contribution in [3.63, 3.8) is 0 Å². The summed E-state index contributed by atoms with van der Waals surface area (Å²) in [7, 11) is -2.21. The Morgan fingerprint density at radius 3 is 2.32 bits per heavy atom. The summed E-state index contributed by atoms with van der Waals surface area (Å²) in [5.41, 5.74) is 1.47. The number of ether oxygens (including phenoxy) is 2. The van der Waals surface area contributed by atoms with Crippen molar-refractivity contribution in [1.82, 2.24) is 9.62 Å². The second kappa shape index (κ2) is 10.8. The molecule has 1 aliphatic heterocycles. The van der Waals surface area contributed by atoms with Gasteiger partial charge in [0.2, 0.25) is 10.0 Å². The zero-order chi connectivity index (χ0) is 24.9. The number of methoxy groups -OCH3 is 1. The molecule has 0 saturated carbocycles. The highest BCUT2D eigenvalue weighted by Gasteiger charge is 2.29. The van der Waals surface area contributed by atoms with Gasteiger partial charge in [0.05, 0.1) is 24.1 Å². The smallest absolute Gasteiger partial charge is 0.255 e. The van der Waals surface area contributed by atoms with Crippen LogP contribution >= 0.6 is 0 Å². The maximum absolute atomic E-state index is 13.1. The number of hydrogen-bond donors (Lipinski definition) is 1. The van der Waals surface area contributed by atoms with Gasteiger partial charge < -0.3 is 14.8 Å². The van der Waals surface area contributed by atoms with E-state index in [4.69, 9.17) is 9.47 Å². The van der Waals surface area contributed by atoms with Crippen molar-refractivity contribution in [3.8, 4) is 11.5 Å². The Labute approximate surface area is 203 Å². The molecular formula is C26H36N2O5S. The minimum atomic E-state index is -3.67. The lowest BCUT2D eigenvalue weighted by Crippen LogP contribution is -2.38. The first kappa shape index (κ1) is 26.0. The Morgan fingerprint density at radius 2 is 1.74 bits per heavy atom. The molecule has 1 saturated heterocycles. The topological polar surface area (TPSA) is 84.9 Å². The predicted octanol–water partition coefficient (Wildman–Crippen LogP) is 4.22. The van der Waals surface area contributed by atoms with Crippen LogP contribution in [0.5, 0.6) is 11.5 Å². The van der Waals surface area contributed by atoms with Crippen molar-refractivity contribution in [2.75, 3.05) is 33.4 Å². The Morgan fingerprint density at radius 1 is 1.09 bits per heavy atom. The zero-order valence-corrected chi connectivity index (χ0v) is 21.6. The van der Waals surface area contributed by atoms with Crippen LogP contribution in [-0.4, -0.2) is 52.0 Å². The molecule has 2 aromatic rings. The van der Waals surface area contributed by atoms with E-state index >= 15 is 0 Å². The summed E-state index contributed by atoms with van der Waals surface area (Å²) in [5, 5.41) is 2.79. The molecule has 186 valence electrons. The average molecular weight is 489 g/mol. The van der Waals surface area contributed by atoms with Gasteiger partial charge in [-0.25, -0.2) is 8.42 Å². The summed E-state index contributed by atoms with van der Waals surface area (Å²) < 4.78 is 38.7. The van der Waals surface area contributed by atoms with Gasteiger partial charge in [-0.2, -0.15) is 4.31 Å². The molecule has 0 radical (unpaired) electrons. The lowest BCUT2D eigenvalue weighted by Gasteiger charge is -2.29. The molecule has 34 heavy (non-hydrogen) atoms. The lowest BCUT2D eigenvalue weighted by molar-refractivity contribution is 0.0943. The Kier molecular flexibility index (Phi) is 8.25. The number of rotatable bonds is 8. The molecule has 0 aliphatic carbocycles. The zero-order valence-electron chi connectivity index (χ0n) is 20.8. The number of benzene rings is 2. The molecule has 3 rings (SSSR count). The van der Waals surface area contributed by atoms with E-state index in [2.05, 4.69) is 33.0 Å². The van der Waals surface area contributed by atoms with Crippen LogP contribution in [0, 0.1) is 5.92 Å². The van der Waals surface area contributed by atoms with E-state index < -0.39 is 15.9 Å². The molecule has 0 atom stereocenters. The van der Waals surface area contributed by atoms with Gasteiger partial charge in [-0.1, -0.05) is 39.8 Å². The molecule has 0 bridgehead atoms. The van der Waals surface area contributed by atoms with Crippen molar-refractivity contribution in [3.05, 3.63) is 53.6 Å². The Balaban J connectivity index is 1.62. The van der Waals surface area contributed by atoms with Gasteiger partial charge in [-0.3, -0.25) is 4.79 Å². The van der Waals surface area contributed by atoms with E-state index in [0.29, 0.717) is 24.8 Å². The maximum Gasteiger partial charge on any atom is 0.255 e. The van der Waals surface area contributed by atoms with Gasteiger partial charge in [0.25, 0.3) is 5.91 Å². The molecule has 0 spiro atoms. The molecular weight excluding hydrogens is 452 g/mol. The van der Waals surface area contributed by atoms with E-state index in [1.165, 1.54) is 35.2 Å². The Bertz CT molecular complexity index is 1080. The lowest BCUT2D eigenvalue weighted by atomic mass is 9.87. The summed E-state index contributed by atoms with van der Waals surface area (Å²) in [5.74, 6) is 1.15. The van der Waals surface area contributed by atoms with Gasteiger partial charge in [0, 0.05) is 13.1 Å². The van der Waals surface area contributed by atoms with Crippen LogP contribution in [0.15, 0.2) is 47.4 Å². The largest absolute Gasteiger partial charge is 0.496 e. The summed E-state index contributed by atoms with van der Waals surface area (Å²) >= 11 is 0. The summed E-state index contributed by atoms with van der Waals surface area (Å²) in [6.45, 7) is 10.1. The third-order valence-corrected chi connectivity index (χ3v) is 8.07. The molecule has 7 nitrogen and oxygen atoms in total.